The number of benzene rings is 3. The number of amides is 2. The summed E-state index contributed by atoms with van der Waals surface area (Å²) in [5.74, 6) is 0.950. The van der Waals surface area contributed by atoms with Crippen molar-refractivity contribution in [3.8, 4) is 17.2 Å². The number of carbonyl (C=O) groups is 2. The van der Waals surface area contributed by atoms with Crippen LogP contribution in [0.4, 0.5) is 0 Å². The highest BCUT2D eigenvalue weighted by molar-refractivity contribution is 5.96. The van der Waals surface area contributed by atoms with Crippen molar-refractivity contribution in [2.45, 2.75) is 26.9 Å². The fourth-order valence-corrected chi connectivity index (χ4v) is 2.90. The minimum Gasteiger partial charge on any atom is -0.490 e. The molecule has 3 rings (SSSR count). The molecular formula is C26H28N2O5. The minimum atomic E-state index is -0.785. The second-order valence-corrected chi connectivity index (χ2v) is 7.49. The van der Waals surface area contributed by atoms with Gasteiger partial charge in [-0.3, -0.25) is 20.4 Å². The zero-order valence-electron chi connectivity index (χ0n) is 19.0. The van der Waals surface area contributed by atoms with Gasteiger partial charge in [0.2, 0.25) is 0 Å². The van der Waals surface area contributed by atoms with Crippen LogP contribution in [0.1, 0.15) is 28.4 Å². The minimum absolute atomic E-state index is 0.323. The summed E-state index contributed by atoms with van der Waals surface area (Å²) >= 11 is 0. The highest BCUT2D eigenvalue weighted by atomic mass is 16.5. The lowest BCUT2D eigenvalue weighted by atomic mass is 10.1. The Bertz CT molecular complexity index is 1090. The van der Waals surface area contributed by atoms with Crippen molar-refractivity contribution in [2.75, 3.05) is 13.2 Å². The monoisotopic (exact) mass is 448 g/mol. The Labute approximate surface area is 193 Å². The molecule has 0 aliphatic rings. The van der Waals surface area contributed by atoms with Crippen LogP contribution in [0.2, 0.25) is 0 Å². The molecule has 0 aliphatic carbocycles. The summed E-state index contributed by atoms with van der Waals surface area (Å²) in [6.07, 6.45) is -0.785. The maximum Gasteiger partial charge on any atom is 0.279 e. The first-order chi connectivity index (χ1) is 15.9. The van der Waals surface area contributed by atoms with Gasteiger partial charge in [-0.15, -0.1) is 0 Å². The normalized spacial score (nSPS) is 11.2. The van der Waals surface area contributed by atoms with E-state index < -0.39 is 17.9 Å². The van der Waals surface area contributed by atoms with E-state index in [1.807, 2.05) is 56.3 Å². The number of para-hydroxylation sites is 1. The number of rotatable bonds is 9. The molecule has 3 aromatic carbocycles. The SMILES string of the molecule is Cc1ccc(OC(C)C(=O)NNC(=O)c2cccc(OCCOc3ccccc3)c2)cc1C. The first-order valence-electron chi connectivity index (χ1n) is 10.7. The third-order valence-corrected chi connectivity index (χ3v) is 4.92. The Hall–Kier alpha value is -4.00. The molecule has 0 saturated carbocycles. The van der Waals surface area contributed by atoms with Crippen molar-refractivity contribution in [1.82, 2.24) is 10.9 Å². The number of nitrogens with one attached hydrogen (secondary N) is 2. The Morgan fingerprint density at radius 2 is 1.45 bits per heavy atom. The maximum absolute atomic E-state index is 12.4. The van der Waals surface area contributed by atoms with Gasteiger partial charge in [-0.25, -0.2) is 0 Å². The molecule has 0 aromatic heterocycles. The molecule has 0 saturated heterocycles. The van der Waals surface area contributed by atoms with E-state index in [-0.39, 0.29) is 0 Å². The van der Waals surface area contributed by atoms with Crippen LogP contribution in [0.25, 0.3) is 0 Å². The second kappa shape index (κ2) is 11.6. The van der Waals surface area contributed by atoms with Gasteiger partial charge in [-0.1, -0.05) is 30.3 Å². The number of carbonyl (C=O) groups excluding carboxylic acids is 2. The Balaban J connectivity index is 1.44. The lowest BCUT2D eigenvalue weighted by molar-refractivity contribution is -0.128. The van der Waals surface area contributed by atoms with E-state index in [9.17, 15) is 9.59 Å². The Morgan fingerprint density at radius 1 is 0.758 bits per heavy atom. The maximum atomic E-state index is 12.4. The molecule has 0 spiro atoms. The van der Waals surface area contributed by atoms with E-state index in [0.29, 0.717) is 30.3 Å². The third kappa shape index (κ3) is 7.28. The van der Waals surface area contributed by atoms with Crippen molar-refractivity contribution in [2.24, 2.45) is 0 Å². The zero-order valence-corrected chi connectivity index (χ0v) is 19.0. The van der Waals surface area contributed by atoms with Crippen LogP contribution in [0.3, 0.4) is 0 Å². The van der Waals surface area contributed by atoms with Crippen LogP contribution < -0.4 is 25.1 Å². The number of hydrogen-bond acceptors (Lipinski definition) is 5. The molecular weight excluding hydrogens is 420 g/mol. The smallest absolute Gasteiger partial charge is 0.279 e. The predicted molar refractivity (Wildman–Crippen MR) is 125 cm³/mol. The van der Waals surface area contributed by atoms with Gasteiger partial charge in [0.05, 0.1) is 0 Å². The van der Waals surface area contributed by atoms with E-state index in [1.165, 1.54) is 0 Å². The molecule has 1 unspecified atom stereocenters. The summed E-state index contributed by atoms with van der Waals surface area (Å²) in [6.45, 7) is 6.28. The van der Waals surface area contributed by atoms with Crippen molar-refractivity contribution < 1.29 is 23.8 Å². The number of hydrazine groups is 1. The molecule has 172 valence electrons. The van der Waals surface area contributed by atoms with Gasteiger partial charge >= 0.3 is 0 Å². The van der Waals surface area contributed by atoms with Crippen LogP contribution in [-0.4, -0.2) is 31.1 Å². The Morgan fingerprint density at radius 3 is 2.18 bits per heavy atom. The molecule has 0 aliphatic heterocycles. The van der Waals surface area contributed by atoms with Crippen LogP contribution in [0.15, 0.2) is 72.8 Å². The van der Waals surface area contributed by atoms with Gasteiger partial charge in [0.25, 0.3) is 11.8 Å². The number of ether oxygens (including phenoxy) is 3. The summed E-state index contributed by atoms with van der Waals surface area (Å²) < 4.78 is 16.9. The quantitative estimate of drug-likeness (QED) is 0.382. The molecule has 0 fully saturated rings. The van der Waals surface area contributed by atoms with Crippen molar-refractivity contribution in [3.63, 3.8) is 0 Å². The molecule has 33 heavy (non-hydrogen) atoms. The fraction of sp³-hybridized carbons (Fsp3) is 0.231. The third-order valence-electron chi connectivity index (χ3n) is 4.92. The lowest BCUT2D eigenvalue weighted by Gasteiger charge is -2.16. The molecule has 2 N–H and O–H groups in total. The van der Waals surface area contributed by atoms with E-state index in [0.717, 1.165) is 16.9 Å². The standard InChI is InChI=1S/C26H28N2O5/c1-18-12-13-24(16-19(18)2)33-20(3)25(29)27-28-26(30)21-8-7-11-23(17-21)32-15-14-31-22-9-5-4-6-10-22/h4-13,16-17,20H,14-15H2,1-3H3,(H,27,29)(H,28,30). The first kappa shape index (κ1) is 23.7. The summed E-state index contributed by atoms with van der Waals surface area (Å²) in [5.41, 5.74) is 7.35. The molecule has 7 heteroatoms. The Kier molecular flexibility index (Phi) is 8.30. The molecule has 0 radical (unpaired) electrons. The van der Waals surface area contributed by atoms with Gasteiger partial charge in [-0.05, 0) is 74.4 Å². The molecule has 0 bridgehead atoms. The largest absolute Gasteiger partial charge is 0.490 e. The molecule has 3 aromatic rings. The average molecular weight is 449 g/mol. The molecule has 1 atom stereocenters. The second-order valence-electron chi connectivity index (χ2n) is 7.49. The predicted octanol–water partition coefficient (Wildman–Crippen LogP) is 3.99. The first-order valence-corrected chi connectivity index (χ1v) is 10.7. The van der Waals surface area contributed by atoms with Crippen LogP contribution in [-0.2, 0) is 4.79 Å². The summed E-state index contributed by atoms with van der Waals surface area (Å²) in [7, 11) is 0. The van der Waals surface area contributed by atoms with Crippen molar-refractivity contribution >= 4 is 11.8 Å². The highest BCUT2D eigenvalue weighted by Crippen LogP contribution is 2.18. The van der Waals surface area contributed by atoms with E-state index in [4.69, 9.17) is 14.2 Å². The highest BCUT2D eigenvalue weighted by Gasteiger charge is 2.16. The number of hydrogen-bond donors (Lipinski definition) is 2. The van der Waals surface area contributed by atoms with Crippen LogP contribution >= 0.6 is 0 Å². The van der Waals surface area contributed by atoms with Crippen molar-refractivity contribution in [1.29, 1.82) is 0 Å². The summed E-state index contributed by atoms with van der Waals surface area (Å²) in [4.78, 5) is 24.7. The van der Waals surface area contributed by atoms with E-state index >= 15 is 0 Å². The van der Waals surface area contributed by atoms with E-state index in [2.05, 4.69) is 10.9 Å². The average Bonchev–Trinajstić information content (AvgIpc) is 2.83. The van der Waals surface area contributed by atoms with Gasteiger partial charge in [0, 0.05) is 5.56 Å². The zero-order chi connectivity index (χ0) is 23.6. The van der Waals surface area contributed by atoms with Crippen molar-refractivity contribution in [3.05, 3.63) is 89.5 Å². The summed E-state index contributed by atoms with van der Waals surface area (Å²) in [6, 6.07) is 21.7. The van der Waals surface area contributed by atoms with Gasteiger partial charge in [0.1, 0.15) is 30.5 Å². The molecule has 2 amide bonds. The molecule has 0 heterocycles. The summed E-state index contributed by atoms with van der Waals surface area (Å²) in [5, 5.41) is 0. The van der Waals surface area contributed by atoms with Gasteiger partial charge in [-0.2, -0.15) is 0 Å². The fourth-order valence-electron chi connectivity index (χ4n) is 2.90. The topological polar surface area (TPSA) is 85.9 Å². The lowest BCUT2D eigenvalue weighted by Crippen LogP contribution is -2.47. The van der Waals surface area contributed by atoms with Crippen LogP contribution in [0.5, 0.6) is 17.2 Å². The van der Waals surface area contributed by atoms with Gasteiger partial charge in [0.15, 0.2) is 6.10 Å². The molecule has 7 nitrogen and oxygen atoms in total. The van der Waals surface area contributed by atoms with Gasteiger partial charge < -0.3 is 14.2 Å². The van der Waals surface area contributed by atoms with E-state index in [1.54, 1.807) is 37.3 Å². The number of aryl methyl sites for hydroxylation is 2. The van der Waals surface area contributed by atoms with Crippen LogP contribution in [0, 0.1) is 13.8 Å².